The fraction of sp³-hybridized carbons (Fsp3) is 0. The number of hydrogen-bond donors (Lipinski definition) is 0. The normalized spacial score (nSPS) is 10.7. The molecule has 5 heteroatoms. The van der Waals surface area contributed by atoms with Gasteiger partial charge in [-0.3, -0.25) is 0 Å². The molecule has 0 amide bonds. The van der Waals surface area contributed by atoms with Crippen LogP contribution in [-0.4, -0.2) is 0 Å². The summed E-state index contributed by atoms with van der Waals surface area (Å²) < 4.78 is 19.2. The van der Waals surface area contributed by atoms with Crippen LogP contribution in [0.3, 0.4) is 0 Å². The van der Waals surface area contributed by atoms with Crippen LogP contribution in [0.25, 0.3) is 11.3 Å². The van der Waals surface area contributed by atoms with E-state index in [1.54, 1.807) is 12.1 Å². The van der Waals surface area contributed by atoms with Crippen molar-refractivity contribution >= 4 is 39.1 Å². The van der Waals surface area contributed by atoms with E-state index in [-0.39, 0.29) is 10.0 Å². The van der Waals surface area contributed by atoms with E-state index in [0.717, 1.165) is 0 Å². The minimum absolute atomic E-state index is 0.0258. The van der Waals surface area contributed by atoms with Gasteiger partial charge in [0.25, 0.3) is 0 Å². The molecule has 2 rings (SSSR count). The molecule has 0 aliphatic carbocycles. The second-order valence-corrected chi connectivity index (χ2v) is 4.46. The minimum atomic E-state index is -0.645. The molecule has 0 spiro atoms. The van der Waals surface area contributed by atoms with Gasteiger partial charge in [-0.1, -0.05) is 23.2 Å². The Morgan fingerprint density at radius 1 is 1.33 bits per heavy atom. The van der Waals surface area contributed by atoms with Gasteiger partial charge in [0.2, 0.25) is 0 Å². The molecule has 1 aromatic heterocycles. The van der Waals surface area contributed by atoms with Gasteiger partial charge in [0.15, 0.2) is 5.82 Å². The average Bonchev–Trinajstić information content (AvgIpc) is 2.68. The predicted octanol–water partition coefficient (Wildman–Crippen LogP) is 5.16. The van der Waals surface area contributed by atoms with Crippen LogP contribution >= 0.6 is 39.1 Å². The number of benzene rings is 1. The topological polar surface area (TPSA) is 13.1 Å². The first-order chi connectivity index (χ1) is 7.11. The van der Waals surface area contributed by atoms with Crippen molar-refractivity contribution < 1.29 is 8.81 Å². The maximum absolute atomic E-state index is 13.4. The van der Waals surface area contributed by atoms with E-state index in [1.807, 2.05) is 0 Å². The molecule has 78 valence electrons. The first kappa shape index (κ1) is 11.0. The number of rotatable bonds is 1. The summed E-state index contributed by atoms with van der Waals surface area (Å²) in [5.74, 6) is -0.157. The van der Waals surface area contributed by atoms with E-state index in [9.17, 15) is 4.39 Å². The molecule has 1 heterocycles. The molecule has 1 aromatic carbocycles. The Labute approximate surface area is 104 Å². The summed E-state index contributed by atoms with van der Waals surface area (Å²) in [6.45, 7) is 0. The molecule has 0 bridgehead atoms. The van der Waals surface area contributed by atoms with Crippen LogP contribution in [0.5, 0.6) is 0 Å². The Morgan fingerprint density at radius 2 is 2.07 bits per heavy atom. The molecular weight excluding hydrogens is 306 g/mol. The molecule has 0 atom stereocenters. The second-order valence-electron chi connectivity index (χ2n) is 2.82. The van der Waals surface area contributed by atoms with Crippen molar-refractivity contribution in [3.8, 4) is 11.3 Å². The molecule has 0 unspecified atom stereocenters. The van der Waals surface area contributed by atoms with Crippen LogP contribution in [0, 0.1) is 5.82 Å². The summed E-state index contributed by atoms with van der Waals surface area (Å²) in [5, 5.41) is -0.0773. The lowest BCUT2D eigenvalue weighted by molar-refractivity contribution is 0.579. The van der Waals surface area contributed by atoms with Gasteiger partial charge in [-0.2, -0.15) is 0 Å². The van der Waals surface area contributed by atoms with Crippen LogP contribution in [0.15, 0.2) is 33.4 Å². The van der Waals surface area contributed by atoms with Crippen molar-refractivity contribution in [3.05, 3.63) is 44.8 Å². The van der Waals surface area contributed by atoms with Crippen LogP contribution in [0.4, 0.5) is 4.39 Å². The van der Waals surface area contributed by atoms with Crippen LogP contribution in [-0.2, 0) is 0 Å². The SMILES string of the molecule is Fc1c(Cl)cc(Br)c(-c2ccco2)c1Cl. The highest BCUT2D eigenvalue weighted by molar-refractivity contribution is 9.10. The van der Waals surface area contributed by atoms with E-state index in [0.29, 0.717) is 15.8 Å². The first-order valence-electron chi connectivity index (χ1n) is 3.98. The highest BCUT2D eigenvalue weighted by atomic mass is 79.9. The number of hydrogen-bond acceptors (Lipinski definition) is 1. The van der Waals surface area contributed by atoms with Crippen molar-refractivity contribution in [2.45, 2.75) is 0 Å². The third kappa shape index (κ3) is 1.92. The fourth-order valence-corrected chi connectivity index (χ4v) is 2.63. The third-order valence-electron chi connectivity index (χ3n) is 1.88. The molecule has 0 saturated heterocycles. The van der Waals surface area contributed by atoms with E-state index < -0.39 is 5.82 Å². The summed E-state index contributed by atoms with van der Waals surface area (Å²) in [7, 11) is 0. The van der Waals surface area contributed by atoms with E-state index in [1.165, 1.54) is 12.3 Å². The van der Waals surface area contributed by atoms with Gasteiger partial charge in [-0.25, -0.2) is 4.39 Å². The Balaban J connectivity index is 2.72. The molecule has 0 radical (unpaired) electrons. The molecule has 0 N–H and O–H groups in total. The van der Waals surface area contributed by atoms with E-state index in [2.05, 4.69) is 15.9 Å². The Hall–Kier alpha value is -0.510. The molecule has 15 heavy (non-hydrogen) atoms. The van der Waals surface area contributed by atoms with Crippen molar-refractivity contribution in [2.75, 3.05) is 0 Å². The van der Waals surface area contributed by atoms with E-state index >= 15 is 0 Å². The summed E-state index contributed by atoms with van der Waals surface area (Å²) in [5.41, 5.74) is 0.462. The van der Waals surface area contributed by atoms with Gasteiger partial charge in [0, 0.05) is 4.47 Å². The van der Waals surface area contributed by atoms with Crippen molar-refractivity contribution in [1.82, 2.24) is 0 Å². The quantitative estimate of drug-likeness (QED) is 0.524. The number of halogens is 4. The molecule has 0 saturated carbocycles. The molecule has 0 fully saturated rings. The summed E-state index contributed by atoms with van der Waals surface area (Å²) in [6.07, 6.45) is 1.49. The molecule has 1 nitrogen and oxygen atoms in total. The second kappa shape index (κ2) is 4.16. The summed E-state index contributed by atoms with van der Waals surface area (Å²) in [4.78, 5) is 0. The Bertz CT molecular complexity index is 497. The highest BCUT2D eigenvalue weighted by Crippen LogP contribution is 2.39. The van der Waals surface area contributed by atoms with Crippen LogP contribution in [0.1, 0.15) is 0 Å². The lowest BCUT2D eigenvalue weighted by Gasteiger charge is -2.06. The molecule has 2 aromatic rings. The van der Waals surface area contributed by atoms with Crippen LogP contribution in [0.2, 0.25) is 10.0 Å². The Morgan fingerprint density at radius 3 is 2.67 bits per heavy atom. The van der Waals surface area contributed by atoms with Gasteiger partial charge in [0.05, 0.1) is 21.9 Å². The minimum Gasteiger partial charge on any atom is -0.464 e. The lowest BCUT2D eigenvalue weighted by Crippen LogP contribution is -1.86. The third-order valence-corrected chi connectivity index (χ3v) is 3.14. The smallest absolute Gasteiger partial charge is 0.161 e. The van der Waals surface area contributed by atoms with Crippen molar-refractivity contribution in [1.29, 1.82) is 0 Å². The predicted molar refractivity (Wildman–Crippen MR) is 61.8 cm³/mol. The molecule has 0 aliphatic rings. The maximum Gasteiger partial charge on any atom is 0.161 e. The zero-order valence-electron chi connectivity index (χ0n) is 7.23. The monoisotopic (exact) mass is 308 g/mol. The summed E-state index contributed by atoms with van der Waals surface area (Å²) >= 11 is 14.7. The maximum atomic E-state index is 13.4. The average molecular weight is 310 g/mol. The van der Waals surface area contributed by atoms with Gasteiger partial charge >= 0.3 is 0 Å². The van der Waals surface area contributed by atoms with Crippen molar-refractivity contribution in [2.24, 2.45) is 0 Å². The zero-order valence-corrected chi connectivity index (χ0v) is 10.3. The highest BCUT2D eigenvalue weighted by Gasteiger charge is 2.17. The molecular formula is C10H4BrCl2FO. The zero-order chi connectivity index (χ0) is 11.0. The lowest BCUT2D eigenvalue weighted by atomic mass is 10.1. The Kier molecular flexibility index (Phi) is 3.05. The van der Waals surface area contributed by atoms with E-state index in [4.69, 9.17) is 27.6 Å². The molecule has 0 aliphatic heterocycles. The van der Waals surface area contributed by atoms with Gasteiger partial charge < -0.3 is 4.42 Å². The number of furan rings is 1. The first-order valence-corrected chi connectivity index (χ1v) is 5.53. The van der Waals surface area contributed by atoms with Gasteiger partial charge in [-0.15, -0.1) is 0 Å². The van der Waals surface area contributed by atoms with Gasteiger partial charge in [-0.05, 0) is 34.1 Å². The fourth-order valence-electron chi connectivity index (χ4n) is 1.21. The van der Waals surface area contributed by atoms with Crippen LogP contribution < -0.4 is 0 Å². The van der Waals surface area contributed by atoms with Crippen molar-refractivity contribution in [3.63, 3.8) is 0 Å². The van der Waals surface area contributed by atoms with Gasteiger partial charge in [0.1, 0.15) is 5.76 Å². The standard InChI is InChI=1S/C10H4BrCl2FO/c11-5-4-6(12)10(14)9(13)8(5)7-2-1-3-15-7/h1-4H. The summed E-state index contributed by atoms with van der Waals surface area (Å²) in [6, 6.07) is 4.84. The largest absolute Gasteiger partial charge is 0.464 e.